The number of halogens is 1. The number of aromatic nitrogens is 2. The maximum atomic E-state index is 4.29. The van der Waals surface area contributed by atoms with E-state index in [0.29, 0.717) is 6.04 Å². The summed E-state index contributed by atoms with van der Waals surface area (Å²) >= 11 is 3.47. The molecular formula is C11H17BrN2. The van der Waals surface area contributed by atoms with Crippen molar-refractivity contribution in [2.24, 2.45) is 0 Å². The normalized spacial score (nSPS) is 12.5. The van der Waals surface area contributed by atoms with Crippen molar-refractivity contribution in [3.05, 3.63) is 23.5 Å². The molecule has 1 rings (SSSR count). The van der Waals surface area contributed by atoms with Crippen molar-refractivity contribution < 1.29 is 0 Å². The zero-order chi connectivity index (χ0) is 10.6. The molecule has 0 atom stereocenters. The number of alkyl halides is 1. The molecule has 2 nitrogen and oxygen atoms in total. The average molecular weight is 257 g/mol. The molecule has 78 valence electrons. The third-order valence-electron chi connectivity index (χ3n) is 2.15. The molecule has 3 heteroatoms. The Labute approximate surface area is 94.1 Å². The van der Waals surface area contributed by atoms with Crippen LogP contribution < -0.4 is 0 Å². The molecule has 14 heavy (non-hydrogen) atoms. The molecule has 0 aliphatic heterocycles. The van der Waals surface area contributed by atoms with Gasteiger partial charge in [0, 0.05) is 23.1 Å². The third kappa shape index (κ3) is 2.98. The van der Waals surface area contributed by atoms with E-state index in [9.17, 15) is 0 Å². The van der Waals surface area contributed by atoms with Gasteiger partial charge in [-0.1, -0.05) is 34.5 Å². The molecule has 0 radical (unpaired) electrons. The summed E-state index contributed by atoms with van der Waals surface area (Å²) < 4.78 is 1.98. The van der Waals surface area contributed by atoms with Crippen LogP contribution in [0.2, 0.25) is 0 Å². The van der Waals surface area contributed by atoms with E-state index in [1.54, 1.807) is 0 Å². The lowest BCUT2D eigenvalue weighted by Gasteiger charge is -2.02. The number of allylic oxidation sites excluding steroid dienone is 1. The predicted molar refractivity (Wildman–Crippen MR) is 64.7 cm³/mol. The lowest BCUT2D eigenvalue weighted by Crippen LogP contribution is -1.99. The van der Waals surface area contributed by atoms with Crippen molar-refractivity contribution in [1.82, 2.24) is 9.78 Å². The molecule has 0 spiro atoms. The summed E-state index contributed by atoms with van der Waals surface area (Å²) in [4.78, 5) is 0. The van der Waals surface area contributed by atoms with E-state index >= 15 is 0 Å². The van der Waals surface area contributed by atoms with Crippen molar-refractivity contribution in [1.29, 1.82) is 0 Å². The summed E-state index contributed by atoms with van der Waals surface area (Å²) in [5, 5.41) is 5.23. The molecular weight excluding hydrogens is 240 g/mol. The molecule has 1 heterocycles. The molecule has 0 aliphatic carbocycles. The molecule has 0 saturated carbocycles. The van der Waals surface area contributed by atoms with Crippen LogP contribution in [0.3, 0.4) is 0 Å². The van der Waals surface area contributed by atoms with Gasteiger partial charge in [-0.2, -0.15) is 5.10 Å². The lowest BCUT2D eigenvalue weighted by molar-refractivity contribution is 0.532. The van der Waals surface area contributed by atoms with Gasteiger partial charge in [0.1, 0.15) is 0 Å². The second kappa shape index (κ2) is 5.35. The van der Waals surface area contributed by atoms with Gasteiger partial charge < -0.3 is 0 Å². The van der Waals surface area contributed by atoms with E-state index in [4.69, 9.17) is 0 Å². The highest BCUT2D eigenvalue weighted by Crippen LogP contribution is 2.12. The van der Waals surface area contributed by atoms with Crippen LogP contribution in [0.25, 0.3) is 6.08 Å². The van der Waals surface area contributed by atoms with Gasteiger partial charge in [-0.3, -0.25) is 4.68 Å². The first-order valence-electron chi connectivity index (χ1n) is 4.97. The average Bonchev–Trinajstić information content (AvgIpc) is 2.62. The van der Waals surface area contributed by atoms with Gasteiger partial charge in [0.25, 0.3) is 0 Å². The second-order valence-corrected chi connectivity index (χ2v) is 4.20. The predicted octanol–water partition coefficient (Wildman–Crippen LogP) is 3.65. The minimum atomic E-state index is 0.436. The molecule has 0 aliphatic rings. The van der Waals surface area contributed by atoms with E-state index in [1.165, 1.54) is 11.1 Å². The van der Waals surface area contributed by atoms with Crippen LogP contribution in [0.1, 0.15) is 38.8 Å². The van der Waals surface area contributed by atoms with Crippen LogP contribution in [0.5, 0.6) is 0 Å². The third-order valence-corrected chi connectivity index (χ3v) is 2.87. The Hall–Kier alpha value is -0.570. The Morgan fingerprint density at radius 3 is 2.79 bits per heavy atom. The largest absolute Gasteiger partial charge is 0.270 e. The highest BCUT2D eigenvalue weighted by atomic mass is 79.9. The first-order valence-corrected chi connectivity index (χ1v) is 6.09. The smallest absolute Gasteiger partial charge is 0.0562 e. The minimum Gasteiger partial charge on any atom is -0.270 e. The van der Waals surface area contributed by atoms with E-state index < -0.39 is 0 Å². The summed E-state index contributed by atoms with van der Waals surface area (Å²) in [6.45, 7) is 6.43. The van der Waals surface area contributed by atoms with Gasteiger partial charge in [0.2, 0.25) is 0 Å². The van der Waals surface area contributed by atoms with E-state index in [0.717, 1.165) is 11.8 Å². The molecule has 0 aromatic carbocycles. The summed E-state index contributed by atoms with van der Waals surface area (Å²) in [6.07, 6.45) is 7.28. The molecule has 0 N–H and O–H groups in total. The number of rotatable bonds is 4. The van der Waals surface area contributed by atoms with Crippen LogP contribution in [0.15, 0.2) is 18.0 Å². The molecule has 1 aromatic rings. The standard InChI is InChI=1S/C11H17BrN2/c1-4-10(6-12)5-11-7-13-14(8-11)9(2)3/h5,7-9H,4,6H2,1-3H3. The molecule has 0 amide bonds. The molecule has 0 saturated heterocycles. The molecule has 0 fully saturated rings. The summed E-state index contributed by atoms with van der Waals surface area (Å²) in [6, 6.07) is 0.436. The molecule has 0 bridgehead atoms. The highest BCUT2D eigenvalue weighted by molar-refractivity contribution is 9.09. The van der Waals surface area contributed by atoms with Gasteiger partial charge in [-0.05, 0) is 20.3 Å². The van der Waals surface area contributed by atoms with Gasteiger partial charge in [-0.15, -0.1) is 0 Å². The maximum Gasteiger partial charge on any atom is 0.0562 e. The van der Waals surface area contributed by atoms with Crippen molar-refractivity contribution in [3.8, 4) is 0 Å². The number of nitrogens with zero attached hydrogens (tertiary/aromatic N) is 2. The van der Waals surface area contributed by atoms with Crippen molar-refractivity contribution in [2.45, 2.75) is 33.2 Å². The SMILES string of the molecule is CCC(=Cc1cnn(C(C)C)c1)CBr. The summed E-state index contributed by atoms with van der Waals surface area (Å²) in [7, 11) is 0. The van der Waals surface area contributed by atoms with Crippen molar-refractivity contribution in [3.63, 3.8) is 0 Å². The number of hydrogen-bond acceptors (Lipinski definition) is 1. The van der Waals surface area contributed by atoms with Gasteiger partial charge in [0.05, 0.1) is 6.20 Å². The first kappa shape index (κ1) is 11.5. The van der Waals surface area contributed by atoms with Crippen LogP contribution >= 0.6 is 15.9 Å². The van der Waals surface area contributed by atoms with Crippen LogP contribution in [0.4, 0.5) is 0 Å². The first-order chi connectivity index (χ1) is 6.67. The summed E-state index contributed by atoms with van der Waals surface area (Å²) in [5.41, 5.74) is 2.59. The van der Waals surface area contributed by atoms with E-state index in [-0.39, 0.29) is 0 Å². The monoisotopic (exact) mass is 256 g/mol. The minimum absolute atomic E-state index is 0.436. The highest BCUT2D eigenvalue weighted by Gasteiger charge is 2.00. The Kier molecular flexibility index (Phi) is 4.39. The second-order valence-electron chi connectivity index (χ2n) is 3.64. The molecule has 0 unspecified atom stereocenters. The Bertz CT molecular complexity index is 307. The van der Waals surface area contributed by atoms with E-state index in [1.807, 2.05) is 10.9 Å². The Balaban J connectivity index is 2.81. The van der Waals surface area contributed by atoms with Crippen molar-refractivity contribution >= 4 is 22.0 Å². The Morgan fingerprint density at radius 2 is 2.36 bits per heavy atom. The van der Waals surface area contributed by atoms with Crippen LogP contribution in [-0.4, -0.2) is 15.1 Å². The maximum absolute atomic E-state index is 4.29. The quantitative estimate of drug-likeness (QED) is 0.753. The lowest BCUT2D eigenvalue weighted by atomic mass is 10.2. The fraction of sp³-hybridized carbons (Fsp3) is 0.545. The van der Waals surface area contributed by atoms with Crippen molar-refractivity contribution in [2.75, 3.05) is 5.33 Å². The van der Waals surface area contributed by atoms with E-state index in [2.05, 4.69) is 54.1 Å². The van der Waals surface area contributed by atoms with Gasteiger partial charge in [0.15, 0.2) is 0 Å². The topological polar surface area (TPSA) is 17.8 Å². The van der Waals surface area contributed by atoms with Crippen LogP contribution in [0, 0.1) is 0 Å². The number of hydrogen-bond donors (Lipinski definition) is 0. The summed E-state index contributed by atoms with van der Waals surface area (Å²) in [5.74, 6) is 0. The van der Waals surface area contributed by atoms with Gasteiger partial charge >= 0.3 is 0 Å². The Morgan fingerprint density at radius 1 is 1.64 bits per heavy atom. The fourth-order valence-corrected chi connectivity index (χ4v) is 1.74. The zero-order valence-corrected chi connectivity index (χ0v) is 10.6. The van der Waals surface area contributed by atoms with Crippen LogP contribution in [-0.2, 0) is 0 Å². The zero-order valence-electron chi connectivity index (χ0n) is 9.00. The molecule has 1 aromatic heterocycles. The van der Waals surface area contributed by atoms with Gasteiger partial charge in [-0.25, -0.2) is 0 Å². The fourth-order valence-electron chi connectivity index (χ4n) is 1.18.